The number of hydrogen-bond acceptors (Lipinski definition) is 9. The zero-order valence-electron chi connectivity index (χ0n) is 17.6. The molecule has 1 aliphatic heterocycles. The zero-order valence-corrected chi connectivity index (χ0v) is 17.6. The Morgan fingerprint density at radius 2 is 1.34 bits per heavy atom. The fraction of sp³-hybridized carbons (Fsp3) is 0.500. The Morgan fingerprint density at radius 1 is 0.844 bits per heavy atom. The molecule has 1 aliphatic rings. The third-order valence-corrected chi connectivity index (χ3v) is 4.09. The molecule has 1 aromatic rings. The first-order valence-corrected chi connectivity index (χ1v) is 9.43. The van der Waals surface area contributed by atoms with Gasteiger partial charge in [-0.1, -0.05) is 18.2 Å². The summed E-state index contributed by atoms with van der Waals surface area (Å²) in [6.07, 6.45) is -12.5. The number of para-hydroxylation sites is 1. The van der Waals surface area contributed by atoms with E-state index in [0.29, 0.717) is 0 Å². The summed E-state index contributed by atoms with van der Waals surface area (Å²) < 4.78 is 66.6. The Hall–Kier alpha value is -3.15. The van der Waals surface area contributed by atoms with Gasteiger partial charge in [-0.25, -0.2) is 4.99 Å². The van der Waals surface area contributed by atoms with Crippen molar-refractivity contribution in [2.75, 3.05) is 0 Å². The molecule has 0 amide bonds. The maximum absolute atomic E-state index is 13.6. The second-order valence-electron chi connectivity index (χ2n) is 6.80. The highest BCUT2D eigenvalue weighted by atomic mass is 19.4. The van der Waals surface area contributed by atoms with Crippen LogP contribution in [0.2, 0.25) is 0 Å². The molecular weight excluding hydrogens is 439 g/mol. The Kier molecular flexibility index (Phi) is 8.19. The maximum Gasteiger partial charge on any atom is 0.468 e. The van der Waals surface area contributed by atoms with E-state index in [1.165, 1.54) is 31.2 Å². The predicted octanol–water partition coefficient (Wildman–Crippen LogP) is 2.84. The van der Waals surface area contributed by atoms with Crippen LogP contribution in [-0.4, -0.2) is 60.7 Å². The van der Waals surface area contributed by atoms with Crippen LogP contribution in [-0.2, 0) is 38.1 Å². The Labute approximate surface area is 181 Å². The molecule has 1 aromatic carbocycles. The number of nitrogens with zero attached hydrogens (tertiary/aromatic N) is 1. The van der Waals surface area contributed by atoms with Crippen LogP contribution < -0.4 is 0 Å². The summed E-state index contributed by atoms with van der Waals surface area (Å²) in [4.78, 5) is 38.2. The number of rotatable bonds is 5. The van der Waals surface area contributed by atoms with Crippen LogP contribution in [0.3, 0.4) is 0 Å². The van der Waals surface area contributed by atoms with E-state index in [9.17, 15) is 27.6 Å². The van der Waals surface area contributed by atoms with E-state index >= 15 is 0 Å². The van der Waals surface area contributed by atoms with Gasteiger partial charge in [0.25, 0.3) is 5.90 Å². The molecule has 0 unspecified atom stereocenters. The molecule has 0 bridgehead atoms. The average Bonchev–Trinajstić information content (AvgIpc) is 2.66. The van der Waals surface area contributed by atoms with Crippen molar-refractivity contribution in [3.63, 3.8) is 0 Å². The molecule has 0 spiro atoms. The molecule has 0 N–H and O–H groups in total. The molecule has 1 fully saturated rings. The first kappa shape index (κ1) is 25.1. The predicted molar refractivity (Wildman–Crippen MR) is 102 cm³/mol. The number of aliphatic imine (C=N–C) groups is 1. The summed E-state index contributed by atoms with van der Waals surface area (Å²) in [5.41, 5.74) is -0.0537. The van der Waals surface area contributed by atoms with Crippen molar-refractivity contribution in [1.82, 2.24) is 0 Å². The van der Waals surface area contributed by atoms with Gasteiger partial charge >= 0.3 is 24.1 Å². The van der Waals surface area contributed by atoms with E-state index in [0.717, 1.165) is 20.8 Å². The van der Waals surface area contributed by atoms with Gasteiger partial charge in [-0.05, 0) is 19.1 Å². The van der Waals surface area contributed by atoms with E-state index in [-0.39, 0.29) is 5.69 Å². The van der Waals surface area contributed by atoms with Crippen LogP contribution in [0.25, 0.3) is 0 Å². The highest BCUT2D eigenvalue weighted by Gasteiger charge is 2.53. The number of halogens is 3. The Balaban J connectivity index is 2.46. The van der Waals surface area contributed by atoms with Gasteiger partial charge in [0, 0.05) is 20.8 Å². The minimum atomic E-state index is -5.03. The molecule has 0 saturated carbocycles. The molecule has 32 heavy (non-hydrogen) atoms. The smallest absolute Gasteiger partial charge is 0.456 e. The molecule has 0 aliphatic carbocycles. The van der Waals surface area contributed by atoms with E-state index < -0.39 is 60.7 Å². The van der Waals surface area contributed by atoms with Gasteiger partial charge in [0.2, 0.25) is 12.4 Å². The van der Waals surface area contributed by atoms with E-state index in [2.05, 4.69) is 4.99 Å². The molecule has 1 heterocycles. The SMILES string of the molecule is CC(=O)O[C@@H]1[C@@H](OC(C)=O)[C@H](C)O[C@H](OC(=Nc2ccccc2)C(F)(F)F)[C@@H]1OC(C)=O. The first-order chi connectivity index (χ1) is 14.9. The van der Waals surface area contributed by atoms with E-state index in [4.69, 9.17) is 23.7 Å². The lowest BCUT2D eigenvalue weighted by molar-refractivity contribution is -0.287. The first-order valence-electron chi connectivity index (χ1n) is 9.43. The van der Waals surface area contributed by atoms with Crippen LogP contribution in [0.15, 0.2) is 35.3 Å². The third-order valence-electron chi connectivity index (χ3n) is 4.09. The Morgan fingerprint density at radius 3 is 1.84 bits per heavy atom. The van der Waals surface area contributed by atoms with E-state index in [1.54, 1.807) is 6.07 Å². The number of hydrogen-bond donors (Lipinski definition) is 0. The summed E-state index contributed by atoms with van der Waals surface area (Å²) >= 11 is 0. The number of carbonyl (C=O) groups is 3. The van der Waals surface area contributed by atoms with Gasteiger partial charge in [0.1, 0.15) is 0 Å². The lowest BCUT2D eigenvalue weighted by Crippen LogP contribution is -2.61. The van der Waals surface area contributed by atoms with Crippen LogP contribution in [0.5, 0.6) is 0 Å². The van der Waals surface area contributed by atoms with Gasteiger partial charge in [-0.3, -0.25) is 14.4 Å². The maximum atomic E-state index is 13.6. The molecule has 12 heteroatoms. The number of benzene rings is 1. The summed E-state index contributed by atoms with van der Waals surface area (Å²) in [5, 5.41) is 0. The van der Waals surface area contributed by atoms with Crippen molar-refractivity contribution in [1.29, 1.82) is 0 Å². The molecular formula is C20H22F3NO8. The van der Waals surface area contributed by atoms with Crippen LogP contribution in [0.4, 0.5) is 18.9 Å². The van der Waals surface area contributed by atoms with Gasteiger partial charge < -0.3 is 23.7 Å². The van der Waals surface area contributed by atoms with Crippen LogP contribution in [0.1, 0.15) is 27.7 Å². The largest absolute Gasteiger partial charge is 0.468 e. The second-order valence-corrected chi connectivity index (χ2v) is 6.80. The Bertz CT molecular complexity index is 858. The molecule has 9 nitrogen and oxygen atoms in total. The normalized spacial score (nSPS) is 26.1. The number of alkyl halides is 3. The van der Waals surface area contributed by atoms with Crippen molar-refractivity contribution in [3.8, 4) is 0 Å². The van der Waals surface area contributed by atoms with Gasteiger partial charge in [-0.2, -0.15) is 13.2 Å². The van der Waals surface area contributed by atoms with E-state index in [1.807, 2.05) is 0 Å². The van der Waals surface area contributed by atoms with Crippen molar-refractivity contribution >= 4 is 29.5 Å². The van der Waals surface area contributed by atoms with Crippen molar-refractivity contribution in [2.24, 2.45) is 4.99 Å². The molecule has 176 valence electrons. The lowest BCUT2D eigenvalue weighted by Gasteiger charge is -2.43. The van der Waals surface area contributed by atoms with Crippen molar-refractivity contribution < 1.29 is 51.2 Å². The highest BCUT2D eigenvalue weighted by Crippen LogP contribution is 2.32. The summed E-state index contributed by atoms with van der Waals surface area (Å²) in [5.74, 6) is -4.23. The quantitative estimate of drug-likeness (QED) is 0.285. The van der Waals surface area contributed by atoms with Gasteiger partial charge in [-0.15, -0.1) is 0 Å². The number of esters is 3. The second kappa shape index (κ2) is 10.4. The molecule has 0 aromatic heterocycles. The van der Waals surface area contributed by atoms with Crippen molar-refractivity contribution in [3.05, 3.63) is 30.3 Å². The summed E-state index contributed by atoms with van der Waals surface area (Å²) in [6, 6.07) is 7.19. The zero-order chi connectivity index (χ0) is 24.1. The average molecular weight is 461 g/mol. The van der Waals surface area contributed by atoms with Crippen LogP contribution >= 0.6 is 0 Å². The lowest BCUT2D eigenvalue weighted by atomic mass is 9.99. The monoisotopic (exact) mass is 461 g/mol. The van der Waals surface area contributed by atoms with Gasteiger partial charge in [0.15, 0.2) is 12.2 Å². The summed E-state index contributed by atoms with van der Waals surface area (Å²) in [6.45, 7) is 4.47. The van der Waals surface area contributed by atoms with Crippen LogP contribution in [0, 0.1) is 0 Å². The minimum Gasteiger partial charge on any atom is -0.456 e. The molecule has 1 saturated heterocycles. The minimum absolute atomic E-state index is 0.0537. The molecule has 0 radical (unpaired) electrons. The number of carbonyl (C=O) groups excluding carboxylic acids is 3. The number of ether oxygens (including phenoxy) is 5. The standard InChI is InChI=1S/C20H22F3NO8/c1-10-15(29-11(2)25)16(30-12(3)26)17(31-13(4)27)18(28-10)32-19(20(21,22)23)24-14-8-6-5-7-9-14/h5-10,15-18H,1-4H3/t10-,15-,16+,17+,18+/m0/s1. The molecule has 5 atom stereocenters. The fourth-order valence-electron chi connectivity index (χ4n) is 2.95. The summed E-state index contributed by atoms with van der Waals surface area (Å²) in [7, 11) is 0. The topological polar surface area (TPSA) is 110 Å². The third kappa shape index (κ3) is 6.94. The fourth-order valence-corrected chi connectivity index (χ4v) is 2.95. The van der Waals surface area contributed by atoms with Gasteiger partial charge in [0.05, 0.1) is 11.8 Å². The van der Waals surface area contributed by atoms with Crippen molar-refractivity contribution in [2.45, 2.75) is 64.6 Å². The highest BCUT2D eigenvalue weighted by molar-refractivity contribution is 5.84. The molecule has 2 rings (SSSR count).